The first-order valence-corrected chi connectivity index (χ1v) is 6.78. The van der Waals surface area contributed by atoms with Gasteiger partial charge >= 0.3 is 0 Å². The summed E-state index contributed by atoms with van der Waals surface area (Å²) in [7, 11) is 1.75. The molecule has 1 N–H and O–H groups in total. The smallest absolute Gasteiger partial charge is 0.242 e. The van der Waals surface area contributed by atoms with Crippen LogP contribution < -0.4 is 5.32 Å². The molecule has 0 spiro atoms. The molecule has 0 aliphatic carbocycles. The highest BCUT2D eigenvalue weighted by Crippen LogP contribution is 2.12. The van der Waals surface area contributed by atoms with Crippen LogP contribution in [0.25, 0.3) is 0 Å². The highest BCUT2D eigenvalue weighted by Gasteiger charge is 2.22. The van der Waals surface area contributed by atoms with Gasteiger partial charge in [-0.2, -0.15) is 0 Å². The van der Waals surface area contributed by atoms with Gasteiger partial charge in [0.1, 0.15) is 0 Å². The number of amides is 2. The third kappa shape index (κ3) is 4.68. The van der Waals surface area contributed by atoms with E-state index in [1.165, 1.54) is 0 Å². The molecule has 0 fully saturated rings. The largest absolute Gasteiger partial charge is 0.347 e. The minimum atomic E-state index is -0.477. The van der Waals surface area contributed by atoms with E-state index < -0.39 is 5.41 Å². The highest BCUT2D eigenvalue weighted by atomic mass is 16.2. The van der Waals surface area contributed by atoms with Gasteiger partial charge in [-0.05, 0) is 18.1 Å². The fourth-order valence-corrected chi connectivity index (χ4v) is 1.69. The van der Waals surface area contributed by atoms with Crippen LogP contribution >= 0.6 is 0 Å². The Morgan fingerprint density at radius 2 is 1.80 bits per heavy atom. The van der Waals surface area contributed by atoms with Crippen LogP contribution in [0.1, 0.15) is 31.9 Å². The number of carbonyl (C=O) groups excluding carboxylic acids is 2. The van der Waals surface area contributed by atoms with Crippen LogP contribution in [0, 0.1) is 12.3 Å². The third-order valence-electron chi connectivity index (χ3n) is 3.18. The van der Waals surface area contributed by atoms with Crippen LogP contribution in [0.2, 0.25) is 0 Å². The molecule has 0 unspecified atom stereocenters. The first kappa shape index (κ1) is 16.2. The molecule has 1 aromatic carbocycles. The first-order valence-electron chi connectivity index (χ1n) is 6.78. The summed E-state index contributed by atoms with van der Waals surface area (Å²) in [6.07, 6.45) is 0. The van der Waals surface area contributed by atoms with Gasteiger partial charge in [0.15, 0.2) is 0 Å². The van der Waals surface area contributed by atoms with E-state index in [0.717, 1.165) is 11.1 Å². The van der Waals surface area contributed by atoms with E-state index in [2.05, 4.69) is 5.32 Å². The molecule has 0 saturated carbocycles. The fraction of sp³-hybridized carbons (Fsp3) is 0.500. The molecule has 0 saturated heterocycles. The summed E-state index contributed by atoms with van der Waals surface area (Å²) in [5.41, 5.74) is 1.80. The van der Waals surface area contributed by atoms with Gasteiger partial charge in [-0.1, -0.05) is 45.0 Å². The van der Waals surface area contributed by atoms with Crippen LogP contribution in [0.5, 0.6) is 0 Å². The zero-order valence-corrected chi connectivity index (χ0v) is 13.0. The van der Waals surface area contributed by atoms with E-state index in [9.17, 15) is 9.59 Å². The Balaban J connectivity index is 2.52. The third-order valence-corrected chi connectivity index (χ3v) is 3.18. The maximum Gasteiger partial charge on any atom is 0.242 e. The lowest BCUT2D eigenvalue weighted by molar-refractivity contribution is -0.134. The predicted octanol–water partition coefficient (Wildman–Crippen LogP) is 2.12. The Labute approximate surface area is 121 Å². The number of nitrogens with one attached hydrogen (secondary N) is 1. The number of nitrogens with zero attached hydrogens (tertiary/aromatic N) is 1. The van der Waals surface area contributed by atoms with Gasteiger partial charge in [0.05, 0.1) is 6.54 Å². The van der Waals surface area contributed by atoms with Crippen molar-refractivity contribution < 1.29 is 9.59 Å². The normalized spacial score (nSPS) is 11.1. The Bertz CT molecular complexity index is 489. The van der Waals surface area contributed by atoms with Crippen molar-refractivity contribution in [1.82, 2.24) is 10.2 Å². The maximum atomic E-state index is 12.0. The number of likely N-dealkylation sites (N-methyl/N-ethyl adjacent to an activating group) is 1. The summed E-state index contributed by atoms with van der Waals surface area (Å²) in [4.78, 5) is 25.4. The molecule has 4 nitrogen and oxygen atoms in total. The van der Waals surface area contributed by atoms with Gasteiger partial charge < -0.3 is 10.2 Å². The van der Waals surface area contributed by atoms with Gasteiger partial charge in [-0.25, -0.2) is 0 Å². The van der Waals surface area contributed by atoms with Crippen LogP contribution in [0.4, 0.5) is 0 Å². The van der Waals surface area contributed by atoms with Crippen molar-refractivity contribution in [3.8, 4) is 0 Å². The zero-order chi connectivity index (χ0) is 15.3. The molecule has 0 aliphatic heterocycles. The molecule has 20 heavy (non-hydrogen) atoms. The van der Waals surface area contributed by atoms with Gasteiger partial charge in [-0.15, -0.1) is 0 Å². The van der Waals surface area contributed by atoms with E-state index in [1.807, 2.05) is 52.0 Å². The SMILES string of the molecule is Cc1ccccc1CN(C)C(=O)CNC(=O)C(C)(C)C. The first-order chi connectivity index (χ1) is 9.21. The minimum absolute atomic E-state index is 0.0402. The van der Waals surface area contributed by atoms with Crippen LogP contribution in [0.15, 0.2) is 24.3 Å². The summed E-state index contributed by atoms with van der Waals surface area (Å²) in [5, 5.41) is 2.67. The minimum Gasteiger partial charge on any atom is -0.347 e. The number of rotatable bonds is 4. The number of aryl methyl sites for hydroxylation is 1. The molecule has 0 bridgehead atoms. The van der Waals surface area contributed by atoms with E-state index >= 15 is 0 Å². The summed E-state index contributed by atoms with van der Waals surface area (Å²) in [6.45, 7) is 8.09. The van der Waals surface area contributed by atoms with E-state index in [0.29, 0.717) is 6.54 Å². The summed E-state index contributed by atoms with van der Waals surface area (Å²) in [5.74, 6) is -0.207. The standard InChI is InChI=1S/C16H24N2O2/c1-12-8-6-7-9-13(12)11-18(5)14(19)10-17-15(20)16(2,3)4/h6-9H,10-11H2,1-5H3,(H,17,20). The highest BCUT2D eigenvalue weighted by molar-refractivity contribution is 5.87. The molecular formula is C16H24N2O2. The van der Waals surface area contributed by atoms with Crippen molar-refractivity contribution in [2.24, 2.45) is 5.41 Å². The maximum absolute atomic E-state index is 12.0. The second-order valence-electron chi connectivity index (χ2n) is 6.11. The van der Waals surface area contributed by atoms with E-state index in [1.54, 1.807) is 11.9 Å². The van der Waals surface area contributed by atoms with Crippen molar-refractivity contribution in [2.45, 2.75) is 34.2 Å². The lowest BCUT2D eigenvalue weighted by atomic mass is 9.96. The molecule has 1 rings (SSSR count). The van der Waals surface area contributed by atoms with Crippen molar-refractivity contribution >= 4 is 11.8 Å². The Morgan fingerprint density at radius 1 is 1.20 bits per heavy atom. The van der Waals surface area contributed by atoms with Gasteiger partial charge in [0, 0.05) is 19.0 Å². The number of hydrogen-bond donors (Lipinski definition) is 1. The zero-order valence-electron chi connectivity index (χ0n) is 13.0. The predicted molar refractivity (Wildman–Crippen MR) is 80.1 cm³/mol. The molecule has 0 radical (unpaired) electrons. The van der Waals surface area contributed by atoms with Crippen LogP contribution in [-0.2, 0) is 16.1 Å². The Morgan fingerprint density at radius 3 is 2.35 bits per heavy atom. The molecule has 0 aromatic heterocycles. The van der Waals surface area contributed by atoms with Gasteiger partial charge in [0.25, 0.3) is 0 Å². The number of hydrogen-bond acceptors (Lipinski definition) is 2. The molecule has 1 aromatic rings. The topological polar surface area (TPSA) is 49.4 Å². The molecular weight excluding hydrogens is 252 g/mol. The van der Waals surface area contributed by atoms with E-state index in [4.69, 9.17) is 0 Å². The average Bonchev–Trinajstić information content (AvgIpc) is 2.36. The second-order valence-corrected chi connectivity index (χ2v) is 6.11. The Kier molecular flexibility index (Phi) is 5.31. The summed E-state index contributed by atoms with van der Waals surface area (Å²) in [6, 6.07) is 7.97. The van der Waals surface area contributed by atoms with Crippen molar-refractivity contribution in [2.75, 3.05) is 13.6 Å². The quantitative estimate of drug-likeness (QED) is 0.915. The Hall–Kier alpha value is -1.84. The molecule has 4 heteroatoms. The van der Waals surface area contributed by atoms with E-state index in [-0.39, 0.29) is 18.4 Å². The summed E-state index contributed by atoms with van der Waals surface area (Å²) >= 11 is 0. The lowest BCUT2D eigenvalue weighted by Gasteiger charge is -2.21. The van der Waals surface area contributed by atoms with Crippen molar-refractivity contribution in [1.29, 1.82) is 0 Å². The molecule has 2 amide bonds. The lowest BCUT2D eigenvalue weighted by Crippen LogP contribution is -2.42. The van der Waals surface area contributed by atoms with Crippen LogP contribution in [-0.4, -0.2) is 30.3 Å². The summed E-state index contributed by atoms with van der Waals surface area (Å²) < 4.78 is 0. The molecule has 0 aliphatic rings. The average molecular weight is 276 g/mol. The molecule has 0 heterocycles. The fourth-order valence-electron chi connectivity index (χ4n) is 1.69. The van der Waals surface area contributed by atoms with Crippen molar-refractivity contribution in [3.05, 3.63) is 35.4 Å². The second kappa shape index (κ2) is 6.55. The number of carbonyl (C=O) groups is 2. The molecule has 110 valence electrons. The number of benzene rings is 1. The van der Waals surface area contributed by atoms with Gasteiger partial charge in [0.2, 0.25) is 11.8 Å². The van der Waals surface area contributed by atoms with Gasteiger partial charge in [-0.3, -0.25) is 9.59 Å². The molecule has 0 atom stereocenters. The van der Waals surface area contributed by atoms with Crippen molar-refractivity contribution in [3.63, 3.8) is 0 Å². The van der Waals surface area contributed by atoms with Crippen LogP contribution in [0.3, 0.4) is 0 Å². The monoisotopic (exact) mass is 276 g/mol.